The molecule has 0 aliphatic rings. The van der Waals surface area contributed by atoms with Gasteiger partial charge in [0.25, 0.3) is 0 Å². The summed E-state index contributed by atoms with van der Waals surface area (Å²) in [5.74, 6) is -2.20. The number of urea groups is 1. The number of hydrogen-bond donors (Lipinski definition) is 2. The molecule has 2 N–H and O–H groups in total. The second kappa shape index (κ2) is 7.18. The summed E-state index contributed by atoms with van der Waals surface area (Å²) in [6.07, 6.45) is 0. The number of carbonyl (C=O) groups excluding carboxylic acids is 1. The number of amides is 2. The van der Waals surface area contributed by atoms with Crippen molar-refractivity contribution in [2.75, 3.05) is 5.32 Å². The van der Waals surface area contributed by atoms with Crippen LogP contribution in [0, 0.1) is 11.6 Å². The minimum atomic E-state index is -3.77. The van der Waals surface area contributed by atoms with Crippen LogP contribution in [0.3, 0.4) is 0 Å². The van der Waals surface area contributed by atoms with Crippen molar-refractivity contribution in [2.45, 2.75) is 19.1 Å². The first-order valence-electron chi connectivity index (χ1n) is 5.00. The molecule has 0 unspecified atom stereocenters. The van der Waals surface area contributed by atoms with E-state index in [2.05, 4.69) is 5.32 Å². The van der Waals surface area contributed by atoms with E-state index in [1.165, 1.54) is 13.8 Å². The topological polar surface area (TPSA) is 75.3 Å². The van der Waals surface area contributed by atoms with E-state index in [0.717, 1.165) is 18.2 Å². The van der Waals surface area contributed by atoms with Crippen LogP contribution in [-0.2, 0) is 10.0 Å². The van der Waals surface area contributed by atoms with E-state index in [-0.39, 0.29) is 35.2 Å². The minimum absolute atomic E-state index is 0. The summed E-state index contributed by atoms with van der Waals surface area (Å²) in [4.78, 5) is 11.3. The number of hydrogen-bond acceptors (Lipinski definition) is 3. The van der Waals surface area contributed by atoms with Crippen molar-refractivity contribution in [3.05, 3.63) is 29.8 Å². The van der Waals surface area contributed by atoms with Gasteiger partial charge in [-0.3, -0.25) is 0 Å². The molecule has 0 saturated heterocycles. The Morgan fingerprint density at radius 2 is 1.79 bits per heavy atom. The molecule has 2 amide bonds. The Morgan fingerprint density at radius 1 is 1.21 bits per heavy atom. The van der Waals surface area contributed by atoms with Crippen molar-refractivity contribution in [1.82, 2.24) is 4.72 Å². The zero-order valence-corrected chi connectivity index (χ0v) is 13.5. The SMILES string of the molecule is CC(C)S(=O)(=O)NC(=O)Nc1ccc(F)c(F)c1.[Na]. The summed E-state index contributed by atoms with van der Waals surface area (Å²) >= 11 is 0. The van der Waals surface area contributed by atoms with Gasteiger partial charge >= 0.3 is 6.03 Å². The van der Waals surface area contributed by atoms with Gasteiger partial charge in [0.1, 0.15) is 0 Å². The summed E-state index contributed by atoms with van der Waals surface area (Å²) in [5, 5.41) is 1.30. The molecule has 1 radical (unpaired) electrons. The maximum atomic E-state index is 12.8. The Balaban J connectivity index is 0.00000324. The Kier molecular flexibility index (Phi) is 6.92. The van der Waals surface area contributed by atoms with Crippen molar-refractivity contribution in [3.8, 4) is 0 Å². The summed E-state index contributed by atoms with van der Waals surface area (Å²) in [6.45, 7) is 2.79. The van der Waals surface area contributed by atoms with Crippen molar-refractivity contribution in [3.63, 3.8) is 0 Å². The smallest absolute Gasteiger partial charge is 0.307 e. The van der Waals surface area contributed by atoms with Crippen LogP contribution in [0.1, 0.15) is 13.8 Å². The average Bonchev–Trinajstić information content (AvgIpc) is 2.22. The number of carbonyl (C=O) groups is 1. The molecule has 101 valence electrons. The van der Waals surface area contributed by atoms with E-state index in [1.807, 2.05) is 0 Å². The molecule has 1 aromatic carbocycles. The zero-order chi connectivity index (χ0) is 13.9. The molecule has 0 bridgehead atoms. The molecular weight excluding hydrogens is 289 g/mol. The number of halogens is 2. The van der Waals surface area contributed by atoms with Crippen LogP contribution in [-0.4, -0.2) is 49.3 Å². The minimum Gasteiger partial charge on any atom is -0.307 e. The van der Waals surface area contributed by atoms with Crippen LogP contribution in [0.15, 0.2) is 18.2 Å². The van der Waals surface area contributed by atoms with E-state index in [0.29, 0.717) is 0 Å². The van der Waals surface area contributed by atoms with Crippen LogP contribution in [0.5, 0.6) is 0 Å². The molecule has 0 atom stereocenters. The summed E-state index contributed by atoms with van der Waals surface area (Å²) in [5.41, 5.74) is -0.0506. The molecule has 0 saturated carbocycles. The van der Waals surface area contributed by atoms with Crippen LogP contribution >= 0.6 is 0 Å². The molecule has 0 aliphatic carbocycles. The quantitative estimate of drug-likeness (QED) is 0.830. The number of rotatable bonds is 3. The van der Waals surface area contributed by atoms with Gasteiger partial charge in [0, 0.05) is 41.3 Å². The second-order valence-electron chi connectivity index (χ2n) is 3.78. The summed E-state index contributed by atoms with van der Waals surface area (Å²) in [7, 11) is -3.77. The normalized spacial score (nSPS) is 10.8. The van der Waals surface area contributed by atoms with Gasteiger partial charge < -0.3 is 5.32 Å². The fourth-order valence-corrected chi connectivity index (χ4v) is 1.52. The van der Waals surface area contributed by atoms with Gasteiger partial charge in [-0.25, -0.2) is 26.7 Å². The van der Waals surface area contributed by atoms with Gasteiger partial charge in [0.15, 0.2) is 11.6 Å². The monoisotopic (exact) mass is 301 g/mol. The van der Waals surface area contributed by atoms with Gasteiger partial charge in [0.05, 0.1) is 5.25 Å². The molecule has 0 fully saturated rings. The first-order chi connectivity index (χ1) is 8.22. The summed E-state index contributed by atoms with van der Waals surface area (Å²) in [6, 6.07) is 1.65. The third-order valence-corrected chi connectivity index (χ3v) is 3.74. The van der Waals surface area contributed by atoms with Crippen LogP contribution < -0.4 is 10.0 Å². The number of nitrogens with one attached hydrogen (secondary N) is 2. The maximum absolute atomic E-state index is 12.8. The third-order valence-electron chi connectivity index (χ3n) is 2.03. The van der Waals surface area contributed by atoms with Gasteiger partial charge in [-0.05, 0) is 26.0 Å². The Bertz CT molecular complexity index is 564. The molecule has 0 aliphatic heterocycles. The van der Waals surface area contributed by atoms with Crippen LogP contribution in [0.25, 0.3) is 0 Å². The number of sulfonamides is 1. The molecular formula is C10H12F2N2NaO3S. The van der Waals surface area contributed by atoms with Gasteiger partial charge in [-0.1, -0.05) is 0 Å². The fourth-order valence-electron chi connectivity index (χ4n) is 0.978. The van der Waals surface area contributed by atoms with Crippen molar-refractivity contribution in [1.29, 1.82) is 0 Å². The number of anilines is 1. The fraction of sp³-hybridized carbons (Fsp3) is 0.300. The van der Waals surface area contributed by atoms with Gasteiger partial charge in [-0.15, -0.1) is 0 Å². The first-order valence-corrected chi connectivity index (χ1v) is 6.54. The van der Waals surface area contributed by atoms with Gasteiger partial charge in [0.2, 0.25) is 10.0 Å². The molecule has 0 heterocycles. The summed E-state index contributed by atoms with van der Waals surface area (Å²) < 4.78 is 49.9. The zero-order valence-electron chi connectivity index (χ0n) is 10.7. The molecule has 1 aromatic rings. The molecule has 5 nitrogen and oxygen atoms in total. The van der Waals surface area contributed by atoms with Crippen molar-refractivity contribution in [2.24, 2.45) is 0 Å². The molecule has 1 rings (SSSR count). The third kappa shape index (κ3) is 5.43. The maximum Gasteiger partial charge on any atom is 0.332 e. The Labute approximate surface area is 132 Å². The van der Waals surface area contributed by atoms with E-state index < -0.39 is 32.9 Å². The molecule has 9 heteroatoms. The van der Waals surface area contributed by atoms with E-state index >= 15 is 0 Å². The van der Waals surface area contributed by atoms with E-state index in [9.17, 15) is 22.0 Å². The van der Waals surface area contributed by atoms with Crippen molar-refractivity contribution >= 4 is 51.3 Å². The van der Waals surface area contributed by atoms with Gasteiger partial charge in [-0.2, -0.15) is 0 Å². The Hall–Kier alpha value is -0.700. The predicted molar refractivity (Wildman–Crippen MR) is 68.3 cm³/mol. The average molecular weight is 301 g/mol. The first kappa shape index (κ1) is 18.3. The number of benzene rings is 1. The second-order valence-corrected chi connectivity index (χ2v) is 6.02. The molecule has 0 spiro atoms. The largest absolute Gasteiger partial charge is 0.332 e. The molecule has 19 heavy (non-hydrogen) atoms. The van der Waals surface area contributed by atoms with E-state index in [4.69, 9.17) is 0 Å². The predicted octanol–water partition coefficient (Wildman–Crippen LogP) is 1.44. The van der Waals surface area contributed by atoms with E-state index in [1.54, 1.807) is 4.72 Å². The Morgan fingerprint density at radius 3 is 2.26 bits per heavy atom. The molecule has 0 aromatic heterocycles. The van der Waals surface area contributed by atoms with Crippen molar-refractivity contribution < 1.29 is 22.0 Å². The van der Waals surface area contributed by atoms with Crippen LogP contribution in [0.4, 0.5) is 19.3 Å². The standard InChI is InChI=1S/C10H12F2N2O3S.Na/c1-6(2)18(16,17)14-10(15)13-7-3-4-8(11)9(12)5-7;/h3-6H,1-2H3,(H2,13,14,15);. The van der Waals surface area contributed by atoms with Crippen LogP contribution in [0.2, 0.25) is 0 Å².